The molecule has 0 aliphatic rings. The standard InChI is InChI=1S/C14H16BrN3/c1-3-18(10-12-7-5-4-6-8-12)14-13(15)9-16-11(2)17-14/h4-9H,3,10H2,1-2H3. The molecular formula is C14H16BrN3. The van der Waals surface area contributed by atoms with Gasteiger partial charge in [0, 0.05) is 19.3 Å². The van der Waals surface area contributed by atoms with E-state index in [1.807, 2.05) is 19.2 Å². The molecule has 18 heavy (non-hydrogen) atoms. The molecule has 0 bridgehead atoms. The van der Waals surface area contributed by atoms with Gasteiger partial charge >= 0.3 is 0 Å². The number of rotatable bonds is 4. The lowest BCUT2D eigenvalue weighted by molar-refractivity contribution is 0.800. The molecule has 4 heteroatoms. The molecule has 0 saturated heterocycles. The maximum absolute atomic E-state index is 4.51. The molecule has 0 aliphatic heterocycles. The molecule has 1 aromatic carbocycles. The lowest BCUT2D eigenvalue weighted by Gasteiger charge is -2.23. The number of hydrogen-bond acceptors (Lipinski definition) is 3. The van der Waals surface area contributed by atoms with E-state index in [0.29, 0.717) is 0 Å². The van der Waals surface area contributed by atoms with Crippen molar-refractivity contribution in [1.82, 2.24) is 9.97 Å². The van der Waals surface area contributed by atoms with E-state index in [1.165, 1.54) is 5.56 Å². The molecule has 0 fully saturated rings. The average Bonchev–Trinajstić information content (AvgIpc) is 2.40. The van der Waals surface area contributed by atoms with E-state index in [9.17, 15) is 0 Å². The monoisotopic (exact) mass is 305 g/mol. The van der Waals surface area contributed by atoms with Gasteiger partial charge in [-0.1, -0.05) is 30.3 Å². The molecule has 0 atom stereocenters. The van der Waals surface area contributed by atoms with Gasteiger partial charge < -0.3 is 4.90 Å². The number of aryl methyl sites for hydroxylation is 1. The Bertz CT molecular complexity index is 514. The molecule has 94 valence electrons. The second-order valence-electron chi connectivity index (χ2n) is 4.09. The van der Waals surface area contributed by atoms with E-state index in [4.69, 9.17) is 0 Å². The zero-order chi connectivity index (χ0) is 13.0. The Morgan fingerprint density at radius 1 is 1.22 bits per heavy atom. The van der Waals surface area contributed by atoms with Gasteiger partial charge in [-0.2, -0.15) is 0 Å². The summed E-state index contributed by atoms with van der Waals surface area (Å²) in [5, 5.41) is 0. The normalized spacial score (nSPS) is 10.4. The molecule has 0 aliphatic carbocycles. The van der Waals surface area contributed by atoms with Crippen LogP contribution in [0, 0.1) is 6.92 Å². The fourth-order valence-electron chi connectivity index (χ4n) is 1.81. The van der Waals surface area contributed by atoms with Crippen molar-refractivity contribution in [3.05, 3.63) is 52.4 Å². The highest BCUT2D eigenvalue weighted by Gasteiger charge is 2.11. The summed E-state index contributed by atoms with van der Waals surface area (Å²) in [5.41, 5.74) is 1.28. The fourth-order valence-corrected chi connectivity index (χ4v) is 2.25. The number of benzene rings is 1. The summed E-state index contributed by atoms with van der Waals surface area (Å²) in [4.78, 5) is 10.9. The zero-order valence-electron chi connectivity index (χ0n) is 10.6. The maximum atomic E-state index is 4.51. The van der Waals surface area contributed by atoms with Crippen LogP contribution in [-0.4, -0.2) is 16.5 Å². The van der Waals surface area contributed by atoms with Crippen LogP contribution in [0.15, 0.2) is 41.0 Å². The van der Waals surface area contributed by atoms with E-state index in [0.717, 1.165) is 29.2 Å². The number of aromatic nitrogens is 2. The summed E-state index contributed by atoms with van der Waals surface area (Å²) in [6.45, 7) is 5.80. The first-order valence-electron chi connectivity index (χ1n) is 5.98. The van der Waals surface area contributed by atoms with Crippen LogP contribution in [0.2, 0.25) is 0 Å². The summed E-state index contributed by atoms with van der Waals surface area (Å²) >= 11 is 3.52. The van der Waals surface area contributed by atoms with Gasteiger partial charge in [0.05, 0.1) is 4.47 Å². The molecule has 1 heterocycles. The average molecular weight is 306 g/mol. The molecule has 0 radical (unpaired) electrons. The molecule has 3 nitrogen and oxygen atoms in total. The van der Waals surface area contributed by atoms with Gasteiger partial charge in [-0.05, 0) is 35.3 Å². The Hall–Kier alpha value is -1.42. The van der Waals surface area contributed by atoms with Gasteiger partial charge in [0.15, 0.2) is 0 Å². The minimum Gasteiger partial charge on any atom is -0.352 e. The molecule has 2 rings (SSSR count). The van der Waals surface area contributed by atoms with Crippen LogP contribution < -0.4 is 4.90 Å². The van der Waals surface area contributed by atoms with Crippen molar-refractivity contribution in [1.29, 1.82) is 0 Å². The highest BCUT2D eigenvalue weighted by molar-refractivity contribution is 9.10. The van der Waals surface area contributed by atoms with Crippen LogP contribution in [0.5, 0.6) is 0 Å². The van der Waals surface area contributed by atoms with Crippen molar-refractivity contribution >= 4 is 21.7 Å². The predicted octanol–water partition coefficient (Wildman–Crippen LogP) is 3.57. The highest BCUT2D eigenvalue weighted by Crippen LogP contribution is 2.24. The lowest BCUT2D eigenvalue weighted by atomic mass is 10.2. The minimum atomic E-state index is 0.791. The summed E-state index contributed by atoms with van der Waals surface area (Å²) in [5.74, 6) is 1.74. The first-order valence-corrected chi connectivity index (χ1v) is 6.78. The van der Waals surface area contributed by atoms with Gasteiger partial charge in [0.2, 0.25) is 0 Å². The van der Waals surface area contributed by atoms with Crippen molar-refractivity contribution < 1.29 is 0 Å². The Morgan fingerprint density at radius 3 is 2.61 bits per heavy atom. The van der Waals surface area contributed by atoms with Gasteiger partial charge in [-0.15, -0.1) is 0 Å². The zero-order valence-corrected chi connectivity index (χ0v) is 12.2. The van der Waals surface area contributed by atoms with E-state index < -0.39 is 0 Å². The topological polar surface area (TPSA) is 29.0 Å². The number of halogens is 1. The molecule has 0 N–H and O–H groups in total. The van der Waals surface area contributed by atoms with Crippen molar-refractivity contribution in [2.75, 3.05) is 11.4 Å². The third kappa shape index (κ3) is 3.07. The van der Waals surface area contributed by atoms with Crippen LogP contribution in [0.4, 0.5) is 5.82 Å². The quantitative estimate of drug-likeness (QED) is 0.864. The Morgan fingerprint density at radius 2 is 1.94 bits per heavy atom. The maximum Gasteiger partial charge on any atom is 0.146 e. The number of hydrogen-bond donors (Lipinski definition) is 0. The minimum absolute atomic E-state index is 0.791. The van der Waals surface area contributed by atoms with Crippen LogP contribution in [0.3, 0.4) is 0 Å². The molecule has 0 spiro atoms. The predicted molar refractivity (Wildman–Crippen MR) is 77.6 cm³/mol. The van der Waals surface area contributed by atoms with Crippen molar-refractivity contribution in [3.63, 3.8) is 0 Å². The molecule has 1 aromatic heterocycles. The van der Waals surface area contributed by atoms with E-state index in [2.05, 4.69) is 62.0 Å². The molecular weight excluding hydrogens is 290 g/mol. The third-order valence-electron chi connectivity index (χ3n) is 2.74. The second-order valence-corrected chi connectivity index (χ2v) is 4.94. The van der Waals surface area contributed by atoms with Gasteiger partial charge in [0.25, 0.3) is 0 Å². The van der Waals surface area contributed by atoms with Crippen LogP contribution >= 0.6 is 15.9 Å². The summed E-state index contributed by atoms with van der Waals surface area (Å²) < 4.78 is 0.936. The van der Waals surface area contributed by atoms with Crippen molar-refractivity contribution in [3.8, 4) is 0 Å². The second kappa shape index (κ2) is 5.96. The number of anilines is 1. The molecule has 0 saturated carbocycles. The summed E-state index contributed by atoms with van der Waals surface area (Å²) in [7, 11) is 0. The van der Waals surface area contributed by atoms with E-state index >= 15 is 0 Å². The molecule has 0 amide bonds. The first-order chi connectivity index (χ1) is 8.70. The SMILES string of the molecule is CCN(Cc1ccccc1)c1nc(C)ncc1Br. The van der Waals surface area contributed by atoms with Gasteiger partial charge in [-0.25, -0.2) is 9.97 Å². The van der Waals surface area contributed by atoms with Crippen LogP contribution in [0.1, 0.15) is 18.3 Å². The fraction of sp³-hybridized carbons (Fsp3) is 0.286. The van der Waals surface area contributed by atoms with Crippen molar-refractivity contribution in [2.24, 2.45) is 0 Å². The number of nitrogens with zero attached hydrogens (tertiary/aromatic N) is 3. The molecule has 2 aromatic rings. The van der Waals surface area contributed by atoms with Gasteiger partial charge in [-0.3, -0.25) is 0 Å². The summed E-state index contributed by atoms with van der Waals surface area (Å²) in [6.07, 6.45) is 1.81. The first kappa shape index (κ1) is 13.0. The van der Waals surface area contributed by atoms with Crippen LogP contribution in [-0.2, 0) is 6.54 Å². The van der Waals surface area contributed by atoms with Crippen LogP contribution in [0.25, 0.3) is 0 Å². The van der Waals surface area contributed by atoms with Crippen molar-refractivity contribution in [2.45, 2.75) is 20.4 Å². The smallest absolute Gasteiger partial charge is 0.146 e. The Balaban J connectivity index is 2.26. The van der Waals surface area contributed by atoms with Gasteiger partial charge in [0.1, 0.15) is 11.6 Å². The Kier molecular flexibility index (Phi) is 4.31. The largest absolute Gasteiger partial charge is 0.352 e. The Labute approximate surface area is 116 Å². The van der Waals surface area contributed by atoms with E-state index in [-0.39, 0.29) is 0 Å². The van der Waals surface area contributed by atoms with E-state index in [1.54, 1.807) is 0 Å². The molecule has 0 unspecified atom stereocenters. The third-order valence-corrected chi connectivity index (χ3v) is 3.30. The highest BCUT2D eigenvalue weighted by atomic mass is 79.9. The summed E-state index contributed by atoms with van der Waals surface area (Å²) in [6, 6.07) is 10.4. The lowest BCUT2D eigenvalue weighted by Crippen LogP contribution is -2.24.